The van der Waals surface area contributed by atoms with E-state index < -0.39 is 0 Å². The highest BCUT2D eigenvalue weighted by Crippen LogP contribution is 2.18. The highest BCUT2D eigenvalue weighted by atomic mass is 16.5. The van der Waals surface area contributed by atoms with Gasteiger partial charge in [-0.2, -0.15) is 5.10 Å². The van der Waals surface area contributed by atoms with Crippen molar-refractivity contribution in [2.24, 2.45) is 7.05 Å². The van der Waals surface area contributed by atoms with Crippen molar-refractivity contribution in [1.29, 1.82) is 0 Å². The van der Waals surface area contributed by atoms with Crippen LogP contribution in [0.4, 0.5) is 4.79 Å². The number of aromatic nitrogens is 2. The van der Waals surface area contributed by atoms with Gasteiger partial charge < -0.3 is 15.4 Å². The molecule has 0 spiro atoms. The van der Waals surface area contributed by atoms with Gasteiger partial charge in [0, 0.05) is 25.7 Å². The molecule has 1 aliphatic rings. The number of amides is 2. The lowest BCUT2D eigenvalue weighted by Gasteiger charge is -2.25. The Bertz CT molecular complexity index is 814. The fraction of sp³-hybridized carbons (Fsp3) is 0.389. The second-order valence-electron chi connectivity index (χ2n) is 6.19. The van der Waals surface area contributed by atoms with Crippen LogP contribution >= 0.6 is 0 Å². The van der Waals surface area contributed by atoms with Gasteiger partial charge in [0.05, 0.1) is 12.8 Å². The van der Waals surface area contributed by atoms with Crippen molar-refractivity contribution in [2.45, 2.75) is 31.8 Å². The van der Waals surface area contributed by atoms with Gasteiger partial charge in [-0.25, -0.2) is 9.48 Å². The number of rotatable bonds is 4. The van der Waals surface area contributed by atoms with Crippen molar-refractivity contribution in [1.82, 2.24) is 20.4 Å². The summed E-state index contributed by atoms with van der Waals surface area (Å²) in [5.41, 5.74) is 2.74. The molecule has 1 aromatic heterocycles. The Morgan fingerprint density at radius 2 is 2.12 bits per heavy atom. The molecule has 7 nitrogen and oxygen atoms in total. The zero-order valence-corrected chi connectivity index (χ0v) is 14.4. The van der Waals surface area contributed by atoms with Crippen LogP contribution in [0.3, 0.4) is 0 Å². The number of fused-ring (bicyclic) bond motifs is 1. The van der Waals surface area contributed by atoms with Gasteiger partial charge in [0.15, 0.2) is 0 Å². The molecule has 132 valence electrons. The molecular weight excluding hydrogens is 320 g/mol. The predicted octanol–water partition coefficient (Wildman–Crippen LogP) is 1.15. The van der Waals surface area contributed by atoms with Crippen molar-refractivity contribution in [3.63, 3.8) is 0 Å². The summed E-state index contributed by atoms with van der Waals surface area (Å²) in [5, 5.41) is 10.1. The van der Waals surface area contributed by atoms with Gasteiger partial charge in [0.2, 0.25) is 0 Å². The summed E-state index contributed by atoms with van der Waals surface area (Å²) >= 11 is 0. The molecule has 25 heavy (non-hydrogen) atoms. The number of ether oxygens (including phenoxy) is 1. The number of carbonyl (C=O) groups is 1. The topological polar surface area (TPSA) is 85.2 Å². The van der Waals surface area contributed by atoms with Crippen LogP contribution in [0.5, 0.6) is 5.75 Å². The lowest BCUT2D eigenvalue weighted by atomic mass is 9.92. The van der Waals surface area contributed by atoms with Crippen LogP contribution in [0.15, 0.2) is 35.1 Å². The van der Waals surface area contributed by atoms with Crippen LogP contribution in [0, 0.1) is 0 Å². The van der Waals surface area contributed by atoms with Gasteiger partial charge in [-0.05, 0) is 42.5 Å². The van der Waals surface area contributed by atoms with Gasteiger partial charge in [-0.15, -0.1) is 0 Å². The van der Waals surface area contributed by atoms with Gasteiger partial charge in [0.1, 0.15) is 5.75 Å². The Balaban J connectivity index is 1.53. The summed E-state index contributed by atoms with van der Waals surface area (Å²) in [5.74, 6) is 0.786. The average Bonchev–Trinajstić information content (AvgIpc) is 2.61. The first-order valence-corrected chi connectivity index (χ1v) is 8.28. The molecule has 1 atom stereocenters. The van der Waals surface area contributed by atoms with E-state index in [1.807, 2.05) is 24.3 Å². The predicted molar refractivity (Wildman–Crippen MR) is 93.7 cm³/mol. The summed E-state index contributed by atoms with van der Waals surface area (Å²) in [4.78, 5) is 23.8. The molecule has 0 aliphatic heterocycles. The standard InChI is InChI=1S/C18H22N4O3/c1-22-17(23)10-13-9-14(5-8-16(13)21-22)20-18(24)19-11-12-3-6-15(25-2)7-4-12/h3-4,6-7,10,14H,5,8-9,11H2,1-2H3,(H2,19,20,24). The summed E-state index contributed by atoms with van der Waals surface area (Å²) < 4.78 is 6.47. The summed E-state index contributed by atoms with van der Waals surface area (Å²) in [6.45, 7) is 0.446. The molecular formula is C18H22N4O3. The highest BCUT2D eigenvalue weighted by Gasteiger charge is 2.22. The van der Waals surface area contributed by atoms with Crippen LogP contribution < -0.4 is 20.9 Å². The lowest BCUT2D eigenvalue weighted by Crippen LogP contribution is -2.44. The Morgan fingerprint density at radius 1 is 1.36 bits per heavy atom. The maximum atomic E-state index is 12.1. The normalized spacial score (nSPS) is 16.0. The summed E-state index contributed by atoms with van der Waals surface area (Å²) in [7, 11) is 3.27. The van der Waals surface area contributed by atoms with Gasteiger partial charge >= 0.3 is 6.03 Å². The van der Waals surface area contributed by atoms with Crippen molar-refractivity contribution in [3.8, 4) is 5.75 Å². The van der Waals surface area contributed by atoms with E-state index in [9.17, 15) is 9.59 Å². The van der Waals surface area contributed by atoms with Crippen LogP contribution in [-0.4, -0.2) is 29.0 Å². The van der Waals surface area contributed by atoms with Crippen molar-refractivity contribution in [2.75, 3.05) is 7.11 Å². The minimum absolute atomic E-state index is 0.0114. The van der Waals surface area contributed by atoms with E-state index in [1.54, 1.807) is 20.2 Å². The number of aryl methyl sites for hydroxylation is 2. The molecule has 0 bridgehead atoms. The molecule has 2 N–H and O–H groups in total. The van der Waals surface area contributed by atoms with E-state index in [0.717, 1.165) is 35.4 Å². The van der Waals surface area contributed by atoms with Crippen molar-refractivity contribution < 1.29 is 9.53 Å². The van der Waals surface area contributed by atoms with E-state index in [2.05, 4.69) is 15.7 Å². The fourth-order valence-electron chi connectivity index (χ4n) is 2.97. The monoisotopic (exact) mass is 342 g/mol. The minimum Gasteiger partial charge on any atom is -0.497 e. The Hall–Kier alpha value is -2.83. The zero-order chi connectivity index (χ0) is 17.8. The number of hydrogen-bond acceptors (Lipinski definition) is 4. The molecule has 1 aromatic carbocycles. The maximum Gasteiger partial charge on any atom is 0.315 e. The van der Waals surface area contributed by atoms with Crippen molar-refractivity contribution >= 4 is 6.03 Å². The van der Waals surface area contributed by atoms with Crippen LogP contribution in [0.25, 0.3) is 0 Å². The number of urea groups is 1. The highest BCUT2D eigenvalue weighted by molar-refractivity contribution is 5.74. The number of nitrogens with zero attached hydrogens (tertiary/aromatic N) is 2. The first-order valence-electron chi connectivity index (χ1n) is 8.28. The first-order chi connectivity index (χ1) is 12.0. The van der Waals surface area contributed by atoms with E-state index in [-0.39, 0.29) is 17.6 Å². The smallest absolute Gasteiger partial charge is 0.315 e. The minimum atomic E-state index is -0.207. The molecule has 2 amide bonds. The van der Waals surface area contributed by atoms with E-state index in [0.29, 0.717) is 13.0 Å². The van der Waals surface area contributed by atoms with Gasteiger partial charge in [-0.1, -0.05) is 12.1 Å². The molecule has 1 unspecified atom stereocenters. The quantitative estimate of drug-likeness (QED) is 0.873. The molecule has 1 aliphatic carbocycles. The SMILES string of the molecule is COc1ccc(CNC(=O)NC2CCc3nn(C)c(=O)cc3C2)cc1. The molecule has 0 fully saturated rings. The second kappa shape index (κ2) is 7.38. The number of nitrogens with one attached hydrogen (secondary N) is 2. The Kier molecular flexibility index (Phi) is 5.02. The van der Waals surface area contributed by atoms with Gasteiger partial charge in [-0.3, -0.25) is 4.79 Å². The number of carbonyl (C=O) groups excluding carboxylic acids is 1. The van der Waals surface area contributed by atoms with E-state index in [4.69, 9.17) is 4.74 Å². The van der Waals surface area contributed by atoms with Crippen molar-refractivity contribution in [3.05, 3.63) is 57.5 Å². The summed E-state index contributed by atoms with van der Waals surface area (Å²) in [6.07, 6.45) is 2.20. The largest absolute Gasteiger partial charge is 0.497 e. The number of methoxy groups -OCH3 is 1. The van der Waals surface area contributed by atoms with E-state index in [1.165, 1.54) is 4.68 Å². The first kappa shape index (κ1) is 17.0. The molecule has 0 saturated heterocycles. The fourth-order valence-corrected chi connectivity index (χ4v) is 2.97. The number of hydrogen-bond donors (Lipinski definition) is 2. The average molecular weight is 342 g/mol. The molecule has 2 aromatic rings. The third-order valence-corrected chi connectivity index (χ3v) is 4.40. The van der Waals surface area contributed by atoms with E-state index >= 15 is 0 Å². The Labute approximate surface area is 146 Å². The third-order valence-electron chi connectivity index (χ3n) is 4.40. The molecule has 0 radical (unpaired) electrons. The lowest BCUT2D eigenvalue weighted by molar-refractivity contribution is 0.235. The third kappa shape index (κ3) is 4.17. The Morgan fingerprint density at radius 3 is 2.84 bits per heavy atom. The molecule has 0 saturated carbocycles. The summed E-state index contributed by atoms with van der Waals surface area (Å²) in [6, 6.07) is 8.97. The second-order valence-corrected chi connectivity index (χ2v) is 6.19. The van der Waals surface area contributed by atoms with Crippen LogP contribution in [0.1, 0.15) is 23.2 Å². The maximum absolute atomic E-state index is 12.1. The van der Waals surface area contributed by atoms with Crippen LogP contribution in [0.2, 0.25) is 0 Å². The van der Waals surface area contributed by atoms with Crippen LogP contribution in [-0.2, 0) is 26.4 Å². The number of benzene rings is 1. The zero-order valence-electron chi connectivity index (χ0n) is 14.4. The molecule has 7 heteroatoms. The van der Waals surface area contributed by atoms with Gasteiger partial charge in [0.25, 0.3) is 5.56 Å². The molecule has 3 rings (SSSR count). The molecule has 1 heterocycles.